The van der Waals surface area contributed by atoms with Crippen LogP contribution in [-0.4, -0.2) is 29.9 Å². The molecule has 1 aromatic heterocycles. The molecule has 25 heavy (non-hydrogen) atoms. The molecule has 1 N–H and O–H groups in total. The standard InChI is InChI=1S/C19H20ClN3OS/c1-12(19-22-15-6-4-5-7-16(15)25-19)21-18(24)17(23(2)3)13-8-10-14(20)11-9-13/h4-12,17H,1-3H3,(H,21,24)/t12-,17-/m1/s1. The zero-order chi connectivity index (χ0) is 18.0. The van der Waals surface area contributed by atoms with Gasteiger partial charge in [0.2, 0.25) is 5.91 Å². The number of amides is 1. The number of thiazole rings is 1. The van der Waals surface area contributed by atoms with Gasteiger partial charge in [-0.25, -0.2) is 4.98 Å². The van der Waals surface area contributed by atoms with Crippen LogP contribution in [0.5, 0.6) is 0 Å². The Hall–Kier alpha value is -1.95. The third-order valence-corrected chi connectivity index (χ3v) is 5.46. The topological polar surface area (TPSA) is 45.2 Å². The number of likely N-dealkylation sites (N-methyl/N-ethyl adjacent to an activating group) is 1. The van der Waals surface area contributed by atoms with Gasteiger partial charge < -0.3 is 5.32 Å². The van der Waals surface area contributed by atoms with E-state index in [1.807, 2.05) is 62.3 Å². The highest BCUT2D eigenvalue weighted by Crippen LogP contribution is 2.27. The van der Waals surface area contributed by atoms with E-state index in [2.05, 4.69) is 10.3 Å². The van der Waals surface area contributed by atoms with Gasteiger partial charge in [0.05, 0.1) is 16.3 Å². The number of halogens is 1. The fourth-order valence-electron chi connectivity index (χ4n) is 2.76. The van der Waals surface area contributed by atoms with Crippen molar-refractivity contribution in [3.8, 4) is 0 Å². The number of fused-ring (bicyclic) bond motifs is 1. The average molecular weight is 374 g/mol. The molecule has 0 radical (unpaired) electrons. The first-order valence-electron chi connectivity index (χ1n) is 8.03. The molecular weight excluding hydrogens is 354 g/mol. The van der Waals surface area contributed by atoms with Crippen LogP contribution in [0.25, 0.3) is 10.2 Å². The lowest BCUT2D eigenvalue weighted by molar-refractivity contribution is -0.126. The van der Waals surface area contributed by atoms with Crippen LogP contribution < -0.4 is 5.32 Å². The number of carbonyl (C=O) groups excluding carboxylic acids is 1. The molecule has 6 heteroatoms. The van der Waals surface area contributed by atoms with E-state index >= 15 is 0 Å². The van der Waals surface area contributed by atoms with Crippen molar-refractivity contribution >= 4 is 39.1 Å². The molecule has 0 saturated carbocycles. The lowest BCUT2D eigenvalue weighted by Gasteiger charge is -2.25. The quantitative estimate of drug-likeness (QED) is 0.719. The minimum absolute atomic E-state index is 0.0564. The van der Waals surface area contributed by atoms with Gasteiger partial charge in [0.15, 0.2) is 0 Å². The highest BCUT2D eigenvalue weighted by molar-refractivity contribution is 7.18. The summed E-state index contributed by atoms with van der Waals surface area (Å²) >= 11 is 7.57. The zero-order valence-corrected chi connectivity index (χ0v) is 15.9. The van der Waals surface area contributed by atoms with Gasteiger partial charge in [-0.2, -0.15) is 0 Å². The monoisotopic (exact) mass is 373 g/mol. The highest BCUT2D eigenvalue weighted by Gasteiger charge is 2.25. The summed E-state index contributed by atoms with van der Waals surface area (Å²) in [6, 6.07) is 14.8. The van der Waals surface area contributed by atoms with Crippen molar-refractivity contribution in [2.75, 3.05) is 14.1 Å². The lowest BCUT2D eigenvalue weighted by atomic mass is 10.0. The van der Waals surface area contributed by atoms with Crippen molar-refractivity contribution in [1.82, 2.24) is 15.2 Å². The zero-order valence-electron chi connectivity index (χ0n) is 14.4. The highest BCUT2D eigenvalue weighted by atomic mass is 35.5. The largest absolute Gasteiger partial charge is 0.345 e. The van der Waals surface area contributed by atoms with E-state index < -0.39 is 0 Å². The number of rotatable bonds is 5. The maximum atomic E-state index is 12.9. The number of para-hydroxylation sites is 1. The first kappa shape index (κ1) is 17.9. The molecule has 1 heterocycles. The van der Waals surface area contributed by atoms with E-state index in [-0.39, 0.29) is 18.0 Å². The van der Waals surface area contributed by atoms with E-state index in [1.54, 1.807) is 23.5 Å². The van der Waals surface area contributed by atoms with E-state index in [4.69, 9.17) is 11.6 Å². The lowest BCUT2D eigenvalue weighted by Crippen LogP contribution is -2.38. The molecule has 0 saturated heterocycles. The molecule has 2 atom stereocenters. The summed E-state index contributed by atoms with van der Waals surface area (Å²) < 4.78 is 1.13. The Morgan fingerprint density at radius 1 is 1.16 bits per heavy atom. The van der Waals surface area contributed by atoms with Crippen LogP contribution in [0.2, 0.25) is 5.02 Å². The number of nitrogens with zero attached hydrogens (tertiary/aromatic N) is 2. The summed E-state index contributed by atoms with van der Waals surface area (Å²) in [6.07, 6.45) is 0. The first-order chi connectivity index (χ1) is 12.0. The van der Waals surface area contributed by atoms with Crippen LogP contribution >= 0.6 is 22.9 Å². The molecule has 2 aromatic carbocycles. The van der Waals surface area contributed by atoms with Gasteiger partial charge in [0, 0.05) is 5.02 Å². The van der Waals surface area contributed by atoms with E-state index in [0.717, 1.165) is 20.8 Å². The van der Waals surface area contributed by atoms with Gasteiger partial charge in [0.25, 0.3) is 0 Å². The summed E-state index contributed by atoms with van der Waals surface area (Å²) in [6.45, 7) is 1.96. The predicted octanol–water partition coefficient (Wildman–Crippen LogP) is 4.43. The van der Waals surface area contributed by atoms with E-state index in [9.17, 15) is 4.79 Å². The molecule has 0 aliphatic carbocycles. The van der Waals surface area contributed by atoms with Crippen LogP contribution in [0.3, 0.4) is 0 Å². The summed E-state index contributed by atoms with van der Waals surface area (Å²) in [5.41, 5.74) is 1.87. The SMILES string of the molecule is C[C@@H](NC(=O)[C@@H](c1ccc(Cl)cc1)N(C)C)c1nc2ccccc2s1. The average Bonchev–Trinajstić information content (AvgIpc) is 3.01. The number of carbonyl (C=O) groups is 1. The van der Waals surface area contributed by atoms with Crippen LogP contribution in [0, 0.1) is 0 Å². The minimum atomic E-state index is -0.380. The normalized spacial score (nSPS) is 13.8. The van der Waals surface area contributed by atoms with Crippen LogP contribution in [0.4, 0.5) is 0 Å². The van der Waals surface area contributed by atoms with Crippen LogP contribution in [0.1, 0.15) is 29.6 Å². The fourth-order valence-corrected chi connectivity index (χ4v) is 3.85. The number of hydrogen-bond donors (Lipinski definition) is 1. The fraction of sp³-hybridized carbons (Fsp3) is 0.263. The van der Waals surface area contributed by atoms with Crippen LogP contribution in [0.15, 0.2) is 48.5 Å². The van der Waals surface area contributed by atoms with Crippen molar-refractivity contribution in [3.63, 3.8) is 0 Å². The first-order valence-corrected chi connectivity index (χ1v) is 9.23. The number of hydrogen-bond acceptors (Lipinski definition) is 4. The molecule has 130 valence electrons. The minimum Gasteiger partial charge on any atom is -0.345 e. The van der Waals surface area contributed by atoms with Gasteiger partial charge in [-0.15, -0.1) is 11.3 Å². The van der Waals surface area contributed by atoms with Gasteiger partial charge >= 0.3 is 0 Å². The molecule has 1 amide bonds. The third-order valence-electron chi connectivity index (χ3n) is 3.99. The smallest absolute Gasteiger partial charge is 0.242 e. The third kappa shape index (κ3) is 4.00. The van der Waals surface area contributed by atoms with E-state index in [1.165, 1.54) is 0 Å². The van der Waals surface area contributed by atoms with Crippen molar-refractivity contribution in [2.24, 2.45) is 0 Å². The van der Waals surface area contributed by atoms with Crippen molar-refractivity contribution in [1.29, 1.82) is 0 Å². The molecule has 0 bridgehead atoms. The second-order valence-corrected chi connectivity index (χ2v) is 7.67. The number of aromatic nitrogens is 1. The second kappa shape index (κ2) is 7.52. The number of benzene rings is 2. The Morgan fingerprint density at radius 2 is 1.84 bits per heavy atom. The van der Waals surface area contributed by atoms with Gasteiger partial charge in [0.1, 0.15) is 11.0 Å². The Balaban J connectivity index is 1.79. The summed E-state index contributed by atoms with van der Waals surface area (Å²) in [5.74, 6) is -0.0564. The maximum absolute atomic E-state index is 12.9. The number of nitrogens with one attached hydrogen (secondary N) is 1. The van der Waals surface area contributed by atoms with Crippen LogP contribution in [-0.2, 0) is 4.79 Å². The molecular formula is C19H20ClN3OS. The molecule has 3 aromatic rings. The molecule has 4 nitrogen and oxygen atoms in total. The van der Waals surface area contributed by atoms with Crippen molar-refractivity contribution in [3.05, 3.63) is 64.1 Å². The summed E-state index contributed by atoms with van der Waals surface area (Å²) in [7, 11) is 3.78. The Morgan fingerprint density at radius 3 is 2.48 bits per heavy atom. The Bertz CT molecular complexity index is 843. The van der Waals surface area contributed by atoms with Gasteiger partial charge in [-0.05, 0) is 50.8 Å². The molecule has 0 spiro atoms. The van der Waals surface area contributed by atoms with Gasteiger partial charge in [-0.1, -0.05) is 35.9 Å². The molecule has 0 fully saturated rings. The molecule has 0 aliphatic heterocycles. The molecule has 3 rings (SSSR count). The Kier molecular flexibility index (Phi) is 5.37. The molecule has 0 unspecified atom stereocenters. The van der Waals surface area contributed by atoms with Crippen molar-refractivity contribution in [2.45, 2.75) is 19.0 Å². The molecule has 0 aliphatic rings. The summed E-state index contributed by atoms with van der Waals surface area (Å²) in [5, 5.41) is 4.65. The Labute approximate surface area is 156 Å². The summed E-state index contributed by atoms with van der Waals surface area (Å²) in [4.78, 5) is 19.4. The maximum Gasteiger partial charge on any atom is 0.242 e. The van der Waals surface area contributed by atoms with Gasteiger partial charge in [-0.3, -0.25) is 9.69 Å². The van der Waals surface area contributed by atoms with E-state index in [0.29, 0.717) is 5.02 Å². The van der Waals surface area contributed by atoms with Crippen molar-refractivity contribution < 1.29 is 4.79 Å². The predicted molar refractivity (Wildman–Crippen MR) is 104 cm³/mol. The second-order valence-electron chi connectivity index (χ2n) is 6.17.